The van der Waals surface area contributed by atoms with E-state index in [-0.39, 0.29) is 5.91 Å². The number of anilines is 3. The molecule has 2 aromatic heterocycles. The third kappa shape index (κ3) is 3.59. The van der Waals surface area contributed by atoms with Crippen molar-refractivity contribution in [1.82, 2.24) is 9.97 Å². The number of rotatable bonds is 4. The number of amides is 1. The van der Waals surface area contributed by atoms with Gasteiger partial charge in [-0.3, -0.25) is 4.79 Å². The van der Waals surface area contributed by atoms with Gasteiger partial charge in [-0.25, -0.2) is 9.97 Å². The van der Waals surface area contributed by atoms with E-state index in [1.165, 1.54) is 11.3 Å². The molecule has 0 saturated heterocycles. The highest BCUT2D eigenvalue weighted by atomic mass is 32.1. The fourth-order valence-electron chi connectivity index (χ4n) is 3.20. The number of nitrogens with one attached hydrogen (secondary N) is 2. The molecule has 0 spiro atoms. The molecular formula is C22H20N4OS. The van der Waals surface area contributed by atoms with Gasteiger partial charge in [-0.1, -0.05) is 18.2 Å². The lowest BCUT2D eigenvalue weighted by Crippen LogP contribution is -2.11. The molecule has 0 unspecified atom stereocenters. The van der Waals surface area contributed by atoms with Crippen molar-refractivity contribution >= 4 is 44.5 Å². The Bertz CT molecular complexity index is 1150. The Labute approximate surface area is 167 Å². The van der Waals surface area contributed by atoms with E-state index in [9.17, 15) is 4.79 Å². The van der Waals surface area contributed by atoms with Crippen LogP contribution in [0, 0.1) is 20.8 Å². The zero-order chi connectivity index (χ0) is 19.7. The second-order valence-corrected chi connectivity index (χ2v) is 7.61. The van der Waals surface area contributed by atoms with Crippen molar-refractivity contribution < 1.29 is 4.79 Å². The van der Waals surface area contributed by atoms with Crippen LogP contribution in [-0.4, -0.2) is 15.9 Å². The van der Waals surface area contributed by atoms with Crippen LogP contribution in [-0.2, 0) is 0 Å². The molecule has 1 amide bonds. The Morgan fingerprint density at radius 2 is 1.50 bits per heavy atom. The van der Waals surface area contributed by atoms with E-state index in [4.69, 9.17) is 0 Å². The van der Waals surface area contributed by atoms with E-state index in [0.29, 0.717) is 4.88 Å². The van der Waals surface area contributed by atoms with Crippen LogP contribution in [0.3, 0.4) is 0 Å². The second kappa shape index (κ2) is 7.40. The zero-order valence-electron chi connectivity index (χ0n) is 15.9. The zero-order valence-corrected chi connectivity index (χ0v) is 16.7. The molecule has 4 aromatic rings. The highest BCUT2D eigenvalue weighted by Crippen LogP contribution is 2.32. The van der Waals surface area contributed by atoms with Gasteiger partial charge in [0.05, 0.1) is 4.88 Å². The van der Waals surface area contributed by atoms with Crippen molar-refractivity contribution in [2.75, 3.05) is 10.6 Å². The summed E-state index contributed by atoms with van der Waals surface area (Å²) in [5.41, 5.74) is 4.57. The van der Waals surface area contributed by atoms with Crippen LogP contribution >= 0.6 is 11.3 Å². The van der Waals surface area contributed by atoms with Gasteiger partial charge in [-0.2, -0.15) is 0 Å². The number of aryl methyl sites for hydroxylation is 3. The quantitative estimate of drug-likeness (QED) is 0.477. The van der Waals surface area contributed by atoms with Crippen LogP contribution < -0.4 is 10.6 Å². The van der Waals surface area contributed by atoms with Crippen LogP contribution in [0.1, 0.15) is 26.8 Å². The molecule has 140 valence electrons. The first-order valence-corrected chi connectivity index (χ1v) is 9.81. The van der Waals surface area contributed by atoms with Crippen molar-refractivity contribution in [2.24, 2.45) is 0 Å². The first kappa shape index (κ1) is 18.1. The predicted octanol–water partition coefficient (Wildman–Crippen LogP) is 5.61. The highest BCUT2D eigenvalue weighted by molar-refractivity contribution is 7.20. The number of aromatic nitrogens is 2. The summed E-state index contributed by atoms with van der Waals surface area (Å²) in [5, 5.41) is 7.28. The fraction of sp³-hybridized carbons (Fsp3) is 0.136. The number of para-hydroxylation sites is 1. The van der Waals surface area contributed by atoms with Crippen LogP contribution in [0.4, 0.5) is 17.1 Å². The number of carbonyl (C=O) groups is 1. The van der Waals surface area contributed by atoms with E-state index in [2.05, 4.69) is 20.6 Å². The predicted molar refractivity (Wildman–Crippen MR) is 116 cm³/mol. The SMILES string of the molecule is Cc1nc(C)c2c(C)c(C(=O)Nc3ccc(Nc4ccccc4)cc3)sc2n1. The minimum atomic E-state index is -0.124. The molecule has 0 aliphatic carbocycles. The summed E-state index contributed by atoms with van der Waals surface area (Å²) in [6.07, 6.45) is 0. The summed E-state index contributed by atoms with van der Waals surface area (Å²) in [6.45, 7) is 5.77. The summed E-state index contributed by atoms with van der Waals surface area (Å²) < 4.78 is 0. The van der Waals surface area contributed by atoms with Gasteiger partial charge in [0.25, 0.3) is 5.91 Å². The van der Waals surface area contributed by atoms with Gasteiger partial charge in [-0.15, -0.1) is 11.3 Å². The lowest BCUT2D eigenvalue weighted by Gasteiger charge is -2.08. The van der Waals surface area contributed by atoms with Gasteiger partial charge in [0.15, 0.2) is 0 Å². The number of benzene rings is 2. The molecule has 0 atom stereocenters. The van der Waals surface area contributed by atoms with E-state index >= 15 is 0 Å². The van der Waals surface area contributed by atoms with Crippen molar-refractivity contribution in [3.63, 3.8) is 0 Å². The summed E-state index contributed by atoms with van der Waals surface area (Å²) in [4.78, 5) is 23.2. The Morgan fingerprint density at radius 1 is 0.857 bits per heavy atom. The number of nitrogens with zero attached hydrogens (tertiary/aromatic N) is 2. The molecule has 0 bridgehead atoms. The van der Waals surface area contributed by atoms with Crippen molar-refractivity contribution in [3.8, 4) is 0 Å². The van der Waals surface area contributed by atoms with Gasteiger partial charge < -0.3 is 10.6 Å². The number of carbonyl (C=O) groups excluding carboxylic acids is 1. The average molecular weight is 388 g/mol. The van der Waals surface area contributed by atoms with Crippen LogP contribution in [0.15, 0.2) is 54.6 Å². The molecule has 4 rings (SSSR count). The maximum atomic E-state index is 12.8. The first-order valence-electron chi connectivity index (χ1n) is 8.99. The second-order valence-electron chi connectivity index (χ2n) is 6.62. The van der Waals surface area contributed by atoms with Gasteiger partial charge in [0.2, 0.25) is 0 Å². The molecule has 0 radical (unpaired) electrons. The normalized spacial score (nSPS) is 10.8. The van der Waals surface area contributed by atoms with Gasteiger partial charge in [-0.05, 0) is 62.7 Å². The molecule has 0 saturated carbocycles. The molecular weight excluding hydrogens is 368 g/mol. The molecule has 0 aliphatic heterocycles. The van der Waals surface area contributed by atoms with E-state index in [0.717, 1.165) is 44.4 Å². The lowest BCUT2D eigenvalue weighted by atomic mass is 10.1. The van der Waals surface area contributed by atoms with Crippen molar-refractivity contribution in [3.05, 3.63) is 76.6 Å². The van der Waals surface area contributed by atoms with Crippen LogP contribution in [0.2, 0.25) is 0 Å². The molecule has 28 heavy (non-hydrogen) atoms. The monoisotopic (exact) mass is 388 g/mol. The van der Waals surface area contributed by atoms with E-state index in [1.54, 1.807) is 0 Å². The van der Waals surface area contributed by atoms with Crippen LogP contribution in [0.25, 0.3) is 10.2 Å². The summed E-state index contributed by atoms with van der Waals surface area (Å²) in [7, 11) is 0. The fourth-order valence-corrected chi connectivity index (χ4v) is 4.38. The van der Waals surface area contributed by atoms with Gasteiger partial charge in [0.1, 0.15) is 10.7 Å². The van der Waals surface area contributed by atoms with Crippen molar-refractivity contribution in [2.45, 2.75) is 20.8 Å². The van der Waals surface area contributed by atoms with E-state index < -0.39 is 0 Å². The topological polar surface area (TPSA) is 66.9 Å². The molecule has 6 heteroatoms. The number of hydrogen-bond acceptors (Lipinski definition) is 5. The summed E-state index contributed by atoms with van der Waals surface area (Å²) in [5.74, 6) is 0.598. The highest BCUT2D eigenvalue weighted by Gasteiger charge is 2.18. The van der Waals surface area contributed by atoms with Crippen LogP contribution in [0.5, 0.6) is 0 Å². The van der Waals surface area contributed by atoms with Gasteiger partial charge >= 0.3 is 0 Å². The summed E-state index contributed by atoms with van der Waals surface area (Å²) >= 11 is 1.41. The van der Waals surface area contributed by atoms with E-state index in [1.807, 2.05) is 75.4 Å². The third-order valence-corrected chi connectivity index (χ3v) is 5.68. The number of fused-ring (bicyclic) bond motifs is 1. The maximum absolute atomic E-state index is 12.8. The minimum Gasteiger partial charge on any atom is -0.356 e. The first-order chi connectivity index (χ1) is 13.5. The molecule has 0 fully saturated rings. The average Bonchev–Trinajstić information content (AvgIpc) is 3.01. The molecule has 0 aliphatic rings. The molecule has 2 heterocycles. The minimum absolute atomic E-state index is 0.124. The Hall–Kier alpha value is -3.25. The smallest absolute Gasteiger partial charge is 0.266 e. The lowest BCUT2D eigenvalue weighted by molar-refractivity contribution is 0.103. The molecule has 5 nitrogen and oxygen atoms in total. The van der Waals surface area contributed by atoms with Crippen molar-refractivity contribution in [1.29, 1.82) is 0 Å². The molecule has 2 aromatic carbocycles. The standard InChI is InChI=1S/C22H20N4OS/c1-13-19-14(2)23-15(3)24-22(19)28-20(13)21(27)26-18-11-9-17(10-12-18)25-16-7-5-4-6-8-16/h4-12,25H,1-3H3,(H,26,27). The third-order valence-electron chi connectivity index (χ3n) is 4.49. The largest absolute Gasteiger partial charge is 0.356 e. The number of thiophene rings is 1. The van der Waals surface area contributed by atoms with Gasteiger partial charge in [0, 0.05) is 28.1 Å². The molecule has 2 N–H and O–H groups in total. The Balaban J connectivity index is 1.53. The Morgan fingerprint density at radius 3 is 2.21 bits per heavy atom. The summed E-state index contributed by atoms with van der Waals surface area (Å²) in [6, 6.07) is 17.6. The Kier molecular flexibility index (Phi) is 4.79. The number of hydrogen-bond donors (Lipinski definition) is 2. The maximum Gasteiger partial charge on any atom is 0.266 e.